The molecule has 1 aromatic carbocycles. The highest BCUT2D eigenvalue weighted by atomic mass is 19.3. The topological polar surface area (TPSA) is 104 Å². The number of carbonyl (C=O) groups is 1. The molecule has 3 rings (SSSR count). The Morgan fingerprint density at radius 2 is 2.04 bits per heavy atom. The zero-order chi connectivity index (χ0) is 16.5. The van der Waals surface area contributed by atoms with Gasteiger partial charge in [-0.1, -0.05) is 17.3 Å². The number of nitrogens with zero attached hydrogens (tertiary/aromatic N) is 3. The van der Waals surface area contributed by atoms with E-state index in [1.807, 2.05) is 0 Å². The number of H-pyrrole nitrogens is 1. The van der Waals surface area contributed by atoms with Crippen LogP contribution in [0.1, 0.15) is 30.7 Å². The van der Waals surface area contributed by atoms with Gasteiger partial charge < -0.3 is 10.4 Å². The number of hydrogen-bond acceptors (Lipinski definition) is 5. The average Bonchev–Trinajstić information content (AvgIpc) is 2.99. The number of carbonyl (C=O) groups excluding carboxylic acids is 1. The maximum Gasteiger partial charge on any atom is 0.352 e. The molecular formula is C14H15F2N5O2. The molecule has 0 aliphatic heterocycles. The van der Waals surface area contributed by atoms with E-state index in [1.165, 1.54) is 12.1 Å². The molecule has 1 fully saturated rings. The minimum atomic E-state index is -3.81. The van der Waals surface area contributed by atoms with Crippen molar-refractivity contribution in [2.75, 3.05) is 5.32 Å². The third-order valence-corrected chi connectivity index (χ3v) is 4.01. The summed E-state index contributed by atoms with van der Waals surface area (Å²) in [6.07, 6.45) is 0.777. The van der Waals surface area contributed by atoms with E-state index in [0.29, 0.717) is 18.7 Å². The Kier molecular flexibility index (Phi) is 3.80. The van der Waals surface area contributed by atoms with Crippen LogP contribution in [0.15, 0.2) is 24.3 Å². The van der Waals surface area contributed by atoms with Crippen LogP contribution in [0.2, 0.25) is 0 Å². The fraction of sp³-hybridized carbons (Fsp3) is 0.429. The van der Waals surface area contributed by atoms with Crippen molar-refractivity contribution in [3.63, 3.8) is 0 Å². The van der Waals surface area contributed by atoms with E-state index in [9.17, 15) is 18.7 Å². The summed E-state index contributed by atoms with van der Waals surface area (Å²) < 4.78 is 27.9. The van der Waals surface area contributed by atoms with Crippen molar-refractivity contribution in [1.82, 2.24) is 20.6 Å². The maximum absolute atomic E-state index is 14.0. The summed E-state index contributed by atoms with van der Waals surface area (Å²) in [5.74, 6) is -4.81. The van der Waals surface area contributed by atoms with Gasteiger partial charge in [-0.3, -0.25) is 4.79 Å². The van der Waals surface area contributed by atoms with Crippen molar-refractivity contribution in [3.05, 3.63) is 35.7 Å². The number of nitrogens with one attached hydrogen (secondary N) is 2. The number of tetrazole rings is 1. The van der Waals surface area contributed by atoms with Crippen LogP contribution < -0.4 is 5.32 Å². The lowest BCUT2D eigenvalue weighted by Crippen LogP contribution is -2.59. The lowest BCUT2D eigenvalue weighted by Gasteiger charge is -2.41. The van der Waals surface area contributed by atoms with Crippen molar-refractivity contribution in [1.29, 1.82) is 0 Å². The van der Waals surface area contributed by atoms with Gasteiger partial charge in [0.25, 0.3) is 5.91 Å². The third-order valence-electron chi connectivity index (χ3n) is 4.01. The second kappa shape index (κ2) is 5.65. The standard InChI is InChI=1S/C14H15F2N5O2/c15-14(16,13(23)6-1-7-13)12(22)17-10-4-2-9(3-5-10)8-11-18-20-21-19-11/h2-5,23H,1,6-8H2,(H,17,22)(H,18,19,20,21). The Balaban J connectivity index is 1.65. The van der Waals surface area contributed by atoms with Gasteiger partial charge in [0.15, 0.2) is 5.82 Å². The van der Waals surface area contributed by atoms with Gasteiger partial charge >= 0.3 is 5.92 Å². The van der Waals surface area contributed by atoms with E-state index >= 15 is 0 Å². The number of benzene rings is 1. The molecule has 2 aromatic rings. The van der Waals surface area contributed by atoms with E-state index in [4.69, 9.17) is 0 Å². The van der Waals surface area contributed by atoms with Crippen molar-refractivity contribution >= 4 is 11.6 Å². The normalized spacial score (nSPS) is 16.7. The molecule has 1 aliphatic carbocycles. The predicted molar refractivity (Wildman–Crippen MR) is 75.8 cm³/mol. The number of amides is 1. The fourth-order valence-corrected chi connectivity index (χ4v) is 2.39. The summed E-state index contributed by atoms with van der Waals surface area (Å²) in [6, 6.07) is 6.35. The molecule has 0 saturated heterocycles. The summed E-state index contributed by atoms with van der Waals surface area (Å²) in [7, 11) is 0. The molecule has 0 unspecified atom stereocenters. The number of rotatable bonds is 5. The van der Waals surface area contributed by atoms with E-state index in [2.05, 4.69) is 25.9 Å². The Hall–Kier alpha value is -2.42. The number of aromatic amines is 1. The smallest absolute Gasteiger partial charge is 0.352 e. The summed E-state index contributed by atoms with van der Waals surface area (Å²) in [5, 5.41) is 25.3. The van der Waals surface area contributed by atoms with Crippen LogP contribution in [0.5, 0.6) is 0 Å². The molecule has 3 N–H and O–H groups in total. The first kappa shape index (κ1) is 15.5. The number of anilines is 1. The SMILES string of the molecule is O=C(Nc1ccc(Cc2nn[nH]n2)cc1)C(F)(F)C1(O)CCC1. The number of halogens is 2. The van der Waals surface area contributed by atoms with Gasteiger partial charge in [-0.2, -0.15) is 14.0 Å². The first-order valence-corrected chi connectivity index (χ1v) is 7.14. The van der Waals surface area contributed by atoms with Gasteiger partial charge in [0.1, 0.15) is 5.60 Å². The Labute approximate surface area is 130 Å². The van der Waals surface area contributed by atoms with E-state index in [1.54, 1.807) is 12.1 Å². The van der Waals surface area contributed by atoms with Crippen molar-refractivity contribution < 1.29 is 18.7 Å². The first-order chi connectivity index (χ1) is 10.9. The van der Waals surface area contributed by atoms with Gasteiger partial charge in [0.2, 0.25) is 0 Å². The molecule has 1 amide bonds. The van der Waals surface area contributed by atoms with Gasteiger partial charge in [0.05, 0.1) is 0 Å². The van der Waals surface area contributed by atoms with E-state index in [0.717, 1.165) is 5.56 Å². The number of aliphatic hydroxyl groups is 1. The van der Waals surface area contributed by atoms with Crippen LogP contribution in [-0.2, 0) is 11.2 Å². The Morgan fingerprint density at radius 3 is 2.57 bits per heavy atom. The molecule has 0 spiro atoms. The van der Waals surface area contributed by atoms with Crippen LogP contribution in [0.3, 0.4) is 0 Å². The lowest BCUT2D eigenvalue weighted by molar-refractivity contribution is -0.212. The second-order valence-corrected chi connectivity index (χ2v) is 5.62. The van der Waals surface area contributed by atoms with Gasteiger partial charge in [-0.25, -0.2) is 0 Å². The number of alkyl halides is 2. The highest BCUT2D eigenvalue weighted by Crippen LogP contribution is 2.44. The largest absolute Gasteiger partial charge is 0.383 e. The van der Waals surface area contributed by atoms with Gasteiger partial charge in [-0.05, 0) is 37.0 Å². The van der Waals surface area contributed by atoms with Crippen LogP contribution in [0.4, 0.5) is 14.5 Å². The zero-order valence-corrected chi connectivity index (χ0v) is 12.1. The molecule has 7 nitrogen and oxygen atoms in total. The number of aromatic nitrogens is 4. The van der Waals surface area contributed by atoms with Gasteiger partial charge in [-0.15, -0.1) is 10.2 Å². The molecule has 23 heavy (non-hydrogen) atoms. The molecule has 1 aliphatic rings. The summed E-state index contributed by atoms with van der Waals surface area (Å²) in [4.78, 5) is 11.8. The molecule has 1 saturated carbocycles. The third kappa shape index (κ3) is 2.91. The maximum atomic E-state index is 14.0. The minimum Gasteiger partial charge on any atom is -0.383 e. The van der Waals surface area contributed by atoms with Crippen molar-refractivity contribution in [3.8, 4) is 0 Å². The molecule has 122 valence electrons. The van der Waals surface area contributed by atoms with Crippen LogP contribution in [-0.4, -0.2) is 43.2 Å². The first-order valence-electron chi connectivity index (χ1n) is 7.14. The van der Waals surface area contributed by atoms with E-state index in [-0.39, 0.29) is 18.5 Å². The molecule has 1 heterocycles. The molecule has 0 atom stereocenters. The summed E-state index contributed by atoms with van der Waals surface area (Å²) in [5.41, 5.74) is -1.15. The van der Waals surface area contributed by atoms with Crippen LogP contribution >= 0.6 is 0 Å². The molecule has 9 heteroatoms. The monoisotopic (exact) mass is 323 g/mol. The molecule has 1 aromatic heterocycles. The highest BCUT2D eigenvalue weighted by Gasteiger charge is 2.61. The van der Waals surface area contributed by atoms with Crippen molar-refractivity contribution in [2.45, 2.75) is 37.2 Å². The second-order valence-electron chi connectivity index (χ2n) is 5.62. The lowest BCUT2D eigenvalue weighted by atomic mass is 9.75. The zero-order valence-electron chi connectivity index (χ0n) is 12.1. The van der Waals surface area contributed by atoms with Crippen LogP contribution in [0, 0.1) is 0 Å². The molecular weight excluding hydrogens is 308 g/mol. The quantitative estimate of drug-likeness (QED) is 0.769. The summed E-state index contributed by atoms with van der Waals surface area (Å²) in [6.45, 7) is 0. The average molecular weight is 323 g/mol. The molecule has 0 bridgehead atoms. The van der Waals surface area contributed by atoms with Crippen LogP contribution in [0.25, 0.3) is 0 Å². The van der Waals surface area contributed by atoms with Crippen molar-refractivity contribution in [2.24, 2.45) is 0 Å². The summed E-state index contributed by atoms with van der Waals surface area (Å²) >= 11 is 0. The predicted octanol–water partition coefficient (Wildman–Crippen LogP) is 1.28. The molecule has 0 radical (unpaired) electrons. The van der Waals surface area contributed by atoms with E-state index < -0.39 is 17.4 Å². The minimum absolute atomic E-state index is 0.0724. The highest BCUT2D eigenvalue weighted by molar-refractivity contribution is 5.97. The number of hydrogen-bond donors (Lipinski definition) is 3. The Morgan fingerprint density at radius 1 is 1.35 bits per heavy atom. The fourth-order valence-electron chi connectivity index (χ4n) is 2.39. The van der Waals surface area contributed by atoms with Gasteiger partial charge in [0, 0.05) is 12.1 Å². The Bertz CT molecular complexity index is 684.